The summed E-state index contributed by atoms with van der Waals surface area (Å²) in [6, 6.07) is 0. The molecule has 3 aliphatic carbocycles. The minimum atomic E-state index is -1.24. The highest BCUT2D eigenvalue weighted by atomic mass is 16.5. The summed E-state index contributed by atoms with van der Waals surface area (Å²) >= 11 is 0. The first-order chi connectivity index (χ1) is 11.7. The number of Topliss-reactive ketones (excluding diaryl/α,β-unsaturated/α-hetero) is 1. The monoisotopic (exact) mass is 348 g/mol. The van der Waals surface area contributed by atoms with Crippen LogP contribution in [-0.2, 0) is 19.1 Å². The lowest BCUT2D eigenvalue weighted by Gasteiger charge is -2.60. The normalized spacial score (nSPS) is 51.1. The number of esters is 1. The number of aliphatic hydroxyl groups excluding tert-OH is 1. The number of hydrogen-bond acceptors (Lipinski definition) is 5. The number of hydrogen-bond donors (Lipinski definition) is 1. The summed E-state index contributed by atoms with van der Waals surface area (Å²) in [5.41, 5.74) is -2.09. The second-order valence-corrected chi connectivity index (χ2v) is 9.63. The summed E-state index contributed by atoms with van der Waals surface area (Å²) in [6.07, 6.45) is 3.85. The molecule has 4 aliphatic rings. The predicted octanol–water partition coefficient (Wildman–Crippen LogP) is 2.15. The van der Waals surface area contributed by atoms with Gasteiger partial charge in [0.2, 0.25) is 0 Å². The van der Waals surface area contributed by atoms with Crippen molar-refractivity contribution in [1.82, 2.24) is 0 Å². The lowest BCUT2D eigenvalue weighted by atomic mass is 9.44. The Bertz CT molecular complexity index is 640. The van der Waals surface area contributed by atoms with Crippen molar-refractivity contribution in [2.75, 3.05) is 6.61 Å². The molecule has 2 bridgehead atoms. The number of carbonyl (C=O) groups is 3. The van der Waals surface area contributed by atoms with Gasteiger partial charge in [-0.2, -0.15) is 0 Å². The van der Waals surface area contributed by atoms with Crippen molar-refractivity contribution in [2.45, 2.75) is 59.0 Å². The fourth-order valence-corrected chi connectivity index (χ4v) is 7.05. The third kappa shape index (κ3) is 1.91. The highest BCUT2D eigenvalue weighted by Crippen LogP contribution is 2.67. The van der Waals surface area contributed by atoms with Gasteiger partial charge in [0.25, 0.3) is 0 Å². The summed E-state index contributed by atoms with van der Waals surface area (Å²) in [5, 5.41) is 11.1. The van der Waals surface area contributed by atoms with E-state index in [1.54, 1.807) is 0 Å². The van der Waals surface area contributed by atoms with Crippen LogP contribution in [-0.4, -0.2) is 35.9 Å². The standard InChI is InChI=1S/C20H28O5/c1-11-12-7-13(22)15-19(6-4-5-18(2,3)14(19)9-21)10-25-17(24)20(15,8-12)16(11)23/h9,11-15,22H,4-8,10H2,1-3H3. The third-order valence-corrected chi connectivity index (χ3v) is 8.12. The van der Waals surface area contributed by atoms with Crippen molar-refractivity contribution in [2.24, 2.45) is 39.9 Å². The van der Waals surface area contributed by atoms with Crippen molar-refractivity contribution < 1.29 is 24.2 Å². The maximum absolute atomic E-state index is 13.2. The molecule has 7 atom stereocenters. The zero-order valence-corrected chi connectivity index (χ0v) is 15.3. The van der Waals surface area contributed by atoms with E-state index in [-0.39, 0.29) is 35.6 Å². The Morgan fingerprint density at radius 3 is 2.64 bits per heavy atom. The van der Waals surface area contributed by atoms with Gasteiger partial charge in [0.1, 0.15) is 11.7 Å². The van der Waals surface area contributed by atoms with Gasteiger partial charge in [-0.05, 0) is 37.0 Å². The molecule has 0 amide bonds. The summed E-state index contributed by atoms with van der Waals surface area (Å²) in [5.74, 6) is -1.55. The number of fused-ring (bicyclic) bond motifs is 2. The Kier molecular flexibility index (Phi) is 3.54. The number of cyclic esters (lactones) is 1. The minimum absolute atomic E-state index is 0.0349. The lowest BCUT2D eigenvalue weighted by molar-refractivity contribution is -0.225. The van der Waals surface area contributed by atoms with Crippen LogP contribution in [0.2, 0.25) is 0 Å². The molecule has 0 radical (unpaired) electrons. The molecule has 1 saturated heterocycles. The SMILES string of the molecule is CC1C(=O)C23CC1CC(O)C2C1(CCCC(C)(C)C1C=O)COC3=O. The van der Waals surface area contributed by atoms with E-state index in [4.69, 9.17) is 4.74 Å². The predicted molar refractivity (Wildman–Crippen MR) is 89.4 cm³/mol. The van der Waals surface area contributed by atoms with Crippen LogP contribution in [0.4, 0.5) is 0 Å². The molecule has 0 aromatic heterocycles. The quantitative estimate of drug-likeness (QED) is 0.446. The van der Waals surface area contributed by atoms with Crippen LogP contribution in [0.5, 0.6) is 0 Å². The Balaban J connectivity index is 1.90. The molecular formula is C20H28O5. The second-order valence-electron chi connectivity index (χ2n) is 9.63. The van der Waals surface area contributed by atoms with Gasteiger partial charge in [0.15, 0.2) is 5.78 Å². The highest BCUT2D eigenvalue weighted by molar-refractivity contribution is 6.08. The molecule has 0 aromatic carbocycles. The van der Waals surface area contributed by atoms with Crippen LogP contribution in [0.3, 0.4) is 0 Å². The van der Waals surface area contributed by atoms with E-state index in [1.165, 1.54) is 0 Å². The van der Waals surface area contributed by atoms with E-state index < -0.39 is 28.8 Å². The van der Waals surface area contributed by atoms with Gasteiger partial charge < -0.3 is 14.6 Å². The average molecular weight is 348 g/mol. The van der Waals surface area contributed by atoms with Gasteiger partial charge >= 0.3 is 5.97 Å². The first-order valence-electron chi connectivity index (χ1n) is 9.55. The van der Waals surface area contributed by atoms with Gasteiger partial charge in [0.05, 0.1) is 12.7 Å². The maximum Gasteiger partial charge on any atom is 0.320 e. The first-order valence-corrected chi connectivity index (χ1v) is 9.55. The first kappa shape index (κ1) is 17.2. The van der Waals surface area contributed by atoms with Crippen LogP contribution >= 0.6 is 0 Å². The van der Waals surface area contributed by atoms with Crippen LogP contribution in [0, 0.1) is 39.9 Å². The number of rotatable bonds is 1. The molecule has 2 spiro atoms. The van der Waals surface area contributed by atoms with E-state index >= 15 is 0 Å². The molecule has 25 heavy (non-hydrogen) atoms. The van der Waals surface area contributed by atoms with Crippen molar-refractivity contribution in [3.63, 3.8) is 0 Å². The van der Waals surface area contributed by atoms with Crippen molar-refractivity contribution >= 4 is 18.0 Å². The fraction of sp³-hybridized carbons (Fsp3) is 0.850. The van der Waals surface area contributed by atoms with Gasteiger partial charge in [-0.25, -0.2) is 0 Å². The maximum atomic E-state index is 13.2. The molecule has 138 valence electrons. The molecule has 1 heterocycles. The molecular weight excluding hydrogens is 320 g/mol. The topological polar surface area (TPSA) is 80.7 Å². The molecule has 5 nitrogen and oxygen atoms in total. The number of carbonyl (C=O) groups excluding carboxylic acids is 3. The van der Waals surface area contributed by atoms with E-state index in [0.717, 1.165) is 25.5 Å². The highest BCUT2D eigenvalue weighted by Gasteiger charge is 2.74. The molecule has 1 aliphatic heterocycles. The smallest absolute Gasteiger partial charge is 0.320 e. The van der Waals surface area contributed by atoms with E-state index in [0.29, 0.717) is 12.8 Å². The number of aldehydes is 1. The van der Waals surface area contributed by atoms with Gasteiger partial charge in [0, 0.05) is 23.2 Å². The molecule has 3 saturated carbocycles. The Labute approximate surface area is 148 Å². The number of ether oxygens (including phenoxy) is 1. The van der Waals surface area contributed by atoms with E-state index in [9.17, 15) is 19.5 Å². The van der Waals surface area contributed by atoms with Crippen LogP contribution in [0.25, 0.3) is 0 Å². The van der Waals surface area contributed by atoms with E-state index in [1.807, 2.05) is 6.92 Å². The molecule has 5 heteroatoms. The second kappa shape index (κ2) is 5.15. The molecule has 0 aromatic rings. The summed E-state index contributed by atoms with van der Waals surface area (Å²) < 4.78 is 5.62. The molecule has 4 rings (SSSR count). The van der Waals surface area contributed by atoms with Crippen molar-refractivity contribution in [1.29, 1.82) is 0 Å². The minimum Gasteiger partial charge on any atom is -0.464 e. The molecule has 4 fully saturated rings. The third-order valence-electron chi connectivity index (χ3n) is 8.12. The van der Waals surface area contributed by atoms with Crippen LogP contribution in [0.15, 0.2) is 0 Å². The summed E-state index contributed by atoms with van der Waals surface area (Å²) in [6.45, 7) is 6.17. The van der Waals surface area contributed by atoms with Crippen LogP contribution in [0.1, 0.15) is 52.9 Å². The zero-order chi connectivity index (χ0) is 18.2. The molecule has 1 N–H and O–H groups in total. The number of aliphatic hydroxyl groups is 1. The Morgan fingerprint density at radius 2 is 1.96 bits per heavy atom. The van der Waals surface area contributed by atoms with Crippen molar-refractivity contribution in [3.8, 4) is 0 Å². The van der Waals surface area contributed by atoms with Gasteiger partial charge in [-0.1, -0.05) is 27.2 Å². The molecule has 7 unspecified atom stereocenters. The van der Waals surface area contributed by atoms with Gasteiger partial charge in [-0.15, -0.1) is 0 Å². The average Bonchev–Trinajstić information content (AvgIpc) is 2.73. The fourth-order valence-electron chi connectivity index (χ4n) is 7.05. The Morgan fingerprint density at radius 1 is 1.24 bits per heavy atom. The van der Waals surface area contributed by atoms with Crippen LogP contribution < -0.4 is 0 Å². The summed E-state index contributed by atoms with van der Waals surface area (Å²) in [7, 11) is 0. The van der Waals surface area contributed by atoms with Crippen molar-refractivity contribution in [3.05, 3.63) is 0 Å². The largest absolute Gasteiger partial charge is 0.464 e. The Hall–Kier alpha value is -1.23. The van der Waals surface area contributed by atoms with Gasteiger partial charge in [-0.3, -0.25) is 9.59 Å². The number of ketones is 1. The zero-order valence-electron chi connectivity index (χ0n) is 15.3. The lowest BCUT2D eigenvalue weighted by Crippen LogP contribution is -2.66. The van der Waals surface area contributed by atoms with E-state index in [2.05, 4.69) is 13.8 Å². The summed E-state index contributed by atoms with van der Waals surface area (Å²) in [4.78, 5) is 38.2.